The third-order valence-electron chi connectivity index (χ3n) is 7.12. The largest absolute Gasteiger partial charge is 0.381 e. The molecule has 0 saturated carbocycles. The lowest BCUT2D eigenvalue weighted by Gasteiger charge is -2.33. The average molecular weight is 444 g/mol. The van der Waals surface area contributed by atoms with Gasteiger partial charge in [-0.25, -0.2) is 9.97 Å². The molecule has 8 nitrogen and oxygen atoms in total. The summed E-state index contributed by atoms with van der Waals surface area (Å²) in [6, 6.07) is 13.5. The Labute approximate surface area is 193 Å². The van der Waals surface area contributed by atoms with Crippen LogP contribution in [0.1, 0.15) is 37.4 Å². The Morgan fingerprint density at radius 1 is 0.939 bits per heavy atom. The second-order valence-electron chi connectivity index (χ2n) is 9.03. The van der Waals surface area contributed by atoms with Crippen molar-refractivity contribution in [2.75, 3.05) is 38.3 Å². The summed E-state index contributed by atoms with van der Waals surface area (Å²) in [5.74, 6) is 1.29. The van der Waals surface area contributed by atoms with Gasteiger partial charge in [0.05, 0.1) is 11.9 Å². The third-order valence-corrected chi connectivity index (χ3v) is 7.12. The standard InChI is InChI=1S/C25H29N7O/c1-26-19-8-12-31(13-9-19)20-4-2-17(3-5-20)21-6-7-22-25(28-21)32-23(16-27-22)29-30-24(32)18-10-14-33-15-11-18/h2-7,16,18-19,26H,8-15H2,1H3. The lowest BCUT2D eigenvalue weighted by atomic mass is 9.99. The van der Waals surface area contributed by atoms with Gasteiger partial charge < -0.3 is 15.0 Å². The van der Waals surface area contributed by atoms with Gasteiger partial charge in [0.2, 0.25) is 0 Å². The Kier molecular flexibility index (Phi) is 5.39. The Morgan fingerprint density at radius 2 is 1.73 bits per heavy atom. The molecule has 2 fully saturated rings. The zero-order valence-electron chi connectivity index (χ0n) is 18.9. The highest BCUT2D eigenvalue weighted by molar-refractivity contribution is 5.77. The number of anilines is 1. The van der Waals surface area contributed by atoms with Gasteiger partial charge in [0.15, 0.2) is 11.3 Å². The molecule has 33 heavy (non-hydrogen) atoms. The molecule has 0 bridgehead atoms. The summed E-state index contributed by atoms with van der Waals surface area (Å²) in [5, 5.41) is 12.3. The van der Waals surface area contributed by atoms with E-state index in [2.05, 4.69) is 61.1 Å². The molecular weight excluding hydrogens is 414 g/mol. The molecule has 2 saturated heterocycles. The lowest BCUT2D eigenvalue weighted by Crippen LogP contribution is -2.41. The SMILES string of the molecule is CNC1CCN(c2ccc(-c3ccc4ncc5nnc(C6CCOCC6)n5c4n3)cc2)CC1. The topological polar surface area (TPSA) is 80.5 Å². The summed E-state index contributed by atoms with van der Waals surface area (Å²) < 4.78 is 7.63. The summed E-state index contributed by atoms with van der Waals surface area (Å²) in [6.07, 6.45) is 6.06. The van der Waals surface area contributed by atoms with E-state index in [1.165, 1.54) is 18.5 Å². The maximum absolute atomic E-state index is 5.55. The van der Waals surface area contributed by atoms with Crippen LogP contribution in [0.4, 0.5) is 5.69 Å². The predicted octanol–water partition coefficient (Wildman–Crippen LogP) is 3.42. The van der Waals surface area contributed by atoms with Crippen molar-refractivity contribution in [2.24, 2.45) is 0 Å². The molecule has 0 radical (unpaired) electrons. The van der Waals surface area contributed by atoms with Gasteiger partial charge in [0.1, 0.15) is 11.3 Å². The van der Waals surface area contributed by atoms with E-state index in [1.54, 1.807) is 6.20 Å². The molecular formula is C25H29N7O. The summed E-state index contributed by atoms with van der Waals surface area (Å²) in [7, 11) is 2.06. The highest BCUT2D eigenvalue weighted by atomic mass is 16.5. The Bertz CT molecular complexity index is 1260. The van der Waals surface area contributed by atoms with Crippen LogP contribution in [-0.2, 0) is 4.74 Å². The number of rotatable bonds is 4. The number of hydrogen-bond donors (Lipinski definition) is 1. The minimum atomic E-state index is 0.330. The first-order chi connectivity index (χ1) is 16.3. The number of ether oxygens (including phenoxy) is 1. The van der Waals surface area contributed by atoms with Gasteiger partial charge in [-0.15, -0.1) is 10.2 Å². The molecule has 2 aliphatic rings. The molecule has 3 aromatic heterocycles. The predicted molar refractivity (Wildman–Crippen MR) is 129 cm³/mol. The average Bonchev–Trinajstić information content (AvgIpc) is 3.34. The monoisotopic (exact) mass is 443 g/mol. The Balaban J connectivity index is 1.33. The smallest absolute Gasteiger partial charge is 0.181 e. The van der Waals surface area contributed by atoms with Crippen molar-refractivity contribution in [3.05, 3.63) is 48.4 Å². The first-order valence-corrected chi connectivity index (χ1v) is 11.9. The van der Waals surface area contributed by atoms with E-state index in [0.717, 1.165) is 73.0 Å². The summed E-state index contributed by atoms with van der Waals surface area (Å²) in [5.41, 5.74) is 5.72. The van der Waals surface area contributed by atoms with Crippen LogP contribution in [0.25, 0.3) is 28.1 Å². The van der Waals surface area contributed by atoms with Gasteiger partial charge in [0.25, 0.3) is 0 Å². The molecule has 6 rings (SSSR count). The first-order valence-electron chi connectivity index (χ1n) is 11.9. The number of benzene rings is 1. The Hall–Kier alpha value is -3.10. The molecule has 170 valence electrons. The maximum atomic E-state index is 5.55. The van der Waals surface area contributed by atoms with E-state index in [-0.39, 0.29) is 0 Å². The van der Waals surface area contributed by atoms with Crippen LogP contribution in [0, 0.1) is 0 Å². The fraction of sp³-hybridized carbons (Fsp3) is 0.440. The fourth-order valence-electron chi connectivity index (χ4n) is 5.09. The molecule has 5 heterocycles. The zero-order chi connectivity index (χ0) is 22.2. The maximum Gasteiger partial charge on any atom is 0.181 e. The van der Waals surface area contributed by atoms with Crippen LogP contribution in [0.5, 0.6) is 0 Å². The number of aromatic nitrogens is 5. The van der Waals surface area contributed by atoms with E-state index >= 15 is 0 Å². The molecule has 0 atom stereocenters. The molecule has 0 aliphatic carbocycles. The van der Waals surface area contributed by atoms with Gasteiger partial charge in [-0.3, -0.25) is 4.40 Å². The van der Waals surface area contributed by atoms with E-state index in [1.807, 2.05) is 12.1 Å². The van der Waals surface area contributed by atoms with Crippen molar-refractivity contribution in [1.29, 1.82) is 0 Å². The number of fused-ring (bicyclic) bond motifs is 3. The van der Waals surface area contributed by atoms with Crippen LogP contribution >= 0.6 is 0 Å². The first kappa shape index (κ1) is 20.5. The fourth-order valence-corrected chi connectivity index (χ4v) is 5.09. The molecule has 8 heteroatoms. The van der Waals surface area contributed by atoms with Crippen LogP contribution in [0.3, 0.4) is 0 Å². The zero-order valence-corrected chi connectivity index (χ0v) is 18.9. The minimum Gasteiger partial charge on any atom is -0.381 e. The summed E-state index contributed by atoms with van der Waals surface area (Å²) >= 11 is 0. The molecule has 0 spiro atoms. The highest BCUT2D eigenvalue weighted by Gasteiger charge is 2.23. The van der Waals surface area contributed by atoms with Gasteiger partial charge in [-0.2, -0.15) is 0 Å². The van der Waals surface area contributed by atoms with Crippen molar-refractivity contribution in [1.82, 2.24) is 29.9 Å². The van der Waals surface area contributed by atoms with Crippen LogP contribution in [-0.4, -0.2) is 64.0 Å². The number of hydrogen-bond acceptors (Lipinski definition) is 7. The number of piperidine rings is 1. The highest BCUT2D eigenvalue weighted by Crippen LogP contribution is 2.29. The molecule has 2 aliphatic heterocycles. The van der Waals surface area contributed by atoms with E-state index in [4.69, 9.17) is 9.72 Å². The molecule has 1 aromatic carbocycles. The van der Waals surface area contributed by atoms with Crippen LogP contribution in [0.2, 0.25) is 0 Å². The van der Waals surface area contributed by atoms with Crippen molar-refractivity contribution in [3.63, 3.8) is 0 Å². The summed E-state index contributed by atoms with van der Waals surface area (Å²) in [6.45, 7) is 3.71. The summed E-state index contributed by atoms with van der Waals surface area (Å²) in [4.78, 5) is 12.1. The minimum absolute atomic E-state index is 0.330. The van der Waals surface area contributed by atoms with Crippen LogP contribution < -0.4 is 10.2 Å². The van der Waals surface area contributed by atoms with Crippen LogP contribution in [0.15, 0.2) is 42.6 Å². The van der Waals surface area contributed by atoms with E-state index in [9.17, 15) is 0 Å². The number of pyridine rings is 1. The van der Waals surface area contributed by atoms with Gasteiger partial charge in [-0.1, -0.05) is 12.1 Å². The van der Waals surface area contributed by atoms with Crippen molar-refractivity contribution >= 4 is 22.5 Å². The second kappa shape index (κ2) is 8.68. The molecule has 0 unspecified atom stereocenters. The van der Waals surface area contributed by atoms with Crippen molar-refractivity contribution in [3.8, 4) is 11.3 Å². The molecule has 0 amide bonds. The third kappa shape index (κ3) is 3.83. The lowest BCUT2D eigenvalue weighted by molar-refractivity contribution is 0.0834. The molecule has 1 N–H and O–H groups in total. The van der Waals surface area contributed by atoms with Gasteiger partial charge in [0, 0.05) is 49.5 Å². The molecule has 4 aromatic rings. The second-order valence-corrected chi connectivity index (χ2v) is 9.03. The van der Waals surface area contributed by atoms with Gasteiger partial charge in [-0.05, 0) is 57.0 Å². The number of nitrogens with one attached hydrogen (secondary N) is 1. The van der Waals surface area contributed by atoms with E-state index < -0.39 is 0 Å². The van der Waals surface area contributed by atoms with Crippen molar-refractivity contribution in [2.45, 2.75) is 37.6 Å². The van der Waals surface area contributed by atoms with Gasteiger partial charge >= 0.3 is 0 Å². The quantitative estimate of drug-likeness (QED) is 0.518. The Morgan fingerprint density at radius 3 is 2.48 bits per heavy atom. The van der Waals surface area contributed by atoms with Crippen molar-refractivity contribution < 1.29 is 4.74 Å². The normalized spacial score (nSPS) is 18.4. The number of nitrogens with zero attached hydrogens (tertiary/aromatic N) is 6. The van der Waals surface area contributed by atoms with E-state index in [0.29, 0.717) is 12.0 Å².